The highest BCUT2D eigenvalue weighted by Crippen LogP contribution is 2.45. The lowest BCUT2D eigenvalue weighted by Crippen LogP contribution is -1.90. The quantitative estimate of drug-likeness (QED) is 0.250. The number of hydrogen-bond donors (Lipinski definition) is 0. The van der Waals surface area contributed by atoms with Crippen LogP contribution in [0.1, 0.15) is 5.76 Å². The summed E-state index contributed by atoms with van der Waals surface area (Å²) in [6, 6.07) is 15.8. The first-order valence-electron chi connectivity index (χ1n) is 7.42. The molecule has 0 aliphatic rings. The van der Waals surface area contributed by atoms with Crippen LogP contribution >= 0.6 is 56.8 Å². The van der Waals surface area contributed by atoms with Gasteiger partial charge in [-0.25, -0.2) is 0 Å². The van der Waals surface area contributed by atoms with Crippen molar-refractivity contribution in [1.82, 2.24) is 0 Å². The number of para-hydroxylation sites is 1. The van der Waals surface area contributed by atoms with Crippen LogP contribution in [0.5, 0.6) is 5.75 Å². The zero-order chi connectivity index (χ0) is 17.1. The number of hydrogen-bond acceptors (Lipinski definition) is 2. The topological polar surface area (TPSA) is 22.4 Å². The lowest BCUT2D eigenvalue weighted by molar-refractivity contribution is 0.416. The summed E-state index contributed by atoms with van der Waals surface area (Å²) in [4.78, 5) is 0. The Bertz CT molecular complexity index is 858. The van der Waals surface area contributed by atoms with E-state index in [-0.39, 0.29) is 0 Å². The van der Waals surface area contributed by atoms with Crippen molar-refractivity contribution in [3.05, 3.63) is 62.9 Å². The van der Waals surface area contributed by atoms with Gasteiger partial charge in [0.15, 0.2) is 0 Å². The van der Waals surface area contributed by atoms with Crippen molar-refractivity contribution in [2.75, 3.05) is 11.5 Å². The molecule has 0 spiro atoms. The van der Waals surface area contributed by atoms with Crippen LogP contribution in [0, 0.1) is 3.57 Å². The summed E-state index contributed by atoms with van der Waals surface area (Å²) >= 11 is 11.2. The first kappa shape index (κ1) is 18.1. The number of rotatable bonds is 5. The van der Waals surface area contributed by atoms with Crippen molar-refractivity contribution < 1.29 is 9.15 Å². The molecule has 24 heavy (non-hydrogen) atoms. The number of methoxy groups -OCH3 is 1. The summed E-state index contributed by atoms with van der Waals surface area (Å²) in [5.74, 6) is 2.61. The van der Waals surface area contributed by atoms with Crippen molar-refractivity contribution in [2.24, 2.45) is 0 Å². The molecule has 0 saturated carbocycles. The predicted molar refractivity (Wildman–Crippen MR) is 116 cm³/mol. The van der Waals surface area contributed by atoms with E-state index >= 15 is 0 Å². The molecular formula is C19H15ClI2O2. The molecule has 1 heterocycles. The lowest BCUT2D eigenvalue weighted by atomic mass is 10.0. The Morgan fingerprint density at radius 3 is 2.38 bits per heavy atom. The van der Waals surface area contributed by atoms with Gasteiger partial charge in [0.25, 0.3) is 0 Å². The van der Waals surface area contributed by atoms with E-state index in [1.165, 1.54) is 0 Å². The molecular weight excluding hydrogens is 549 g/mol. The second-order valence-corrected chi connectivity index (χ2v) is 7.73. The molecule has 124 valence electrons. The minimum atomic E-state index is 0.680. The molecule has 0 saturated heterocycles. The molecule has 0 atom stereocenters. The summed E-state index contributed by atoms with van der Waals surface area (Å²) in [6.45, 7) is 0. The molecule has 0 fully saturated rings. The van der Waals surface area contributed by atoms with Crippen molar-refractivity contribution in [2.45, 2.75) is 6.42 Å². The van der Waals surface area contributed by atoms with Gasteiger partial charge in [-0.1, -0.05) is 64.5 Å². The Kier molecular flexibility index (Phi) is 6.10. The fourth-order valence-corrected chi connectivity index (χ4v) is 4.26. The lowest BCUT2D eigenvalue weighted by Gasteiger charge is -2.10. The minimum Gasteiger partial charge on any atom is -0.496 e. The van der Waals surface area contributed by atoms with Crippen LogP contribution in [0.2, 0.25) is 5.02 Å². The van der Waals surface area contributed by atoms with Crippen molar-refractivity contribution in [3.63, 3.8) is 0 Å². The maximum atomic E-state index is 6.44. The van der Waals surface area contributed by atoms with Crippen LogP contribution in [-0.4, -0.2) is 11.5 Å². The highest BCUT2D eigenvalue weighted by molar-refractivity contribution is 14.1. The highest BCUT2D eigenvalue weighted by Gasteiger charge is 2.24. The Hall–Kier alpha value is -0.730. The third kappa shape index (κ3) is 3.46. The van der Waals surface area contributed by atoms with E-state index in [9.17, 15) is 0 Å². The van der Waals surface area contributed by atoms with Crippen molar-refractivity contribution in [1.29, 1.82) is 0 Å². The van der Waals surface area contributed by atoms with Crippen LogP contribution in [0.4, 0.5) is 0 Å². The van der Waals surface area contributed by atoms with Gasteiger partial charge in [0.1, 0.15) is 17.3 Å². The average Bonchev–Trinajstić information content (AvgIpc) is 2.92. The van der Waals surface area contributed by atoms with E-state index < -0.39 is 0 Å². The van der Waals surface area contributed by atoms with Gasteiger partial charge in [-0.2, -0.15) is 0 Å². The van der Waals surface area contributed by atoms with E-state index in [4.69, 9.17) is 20.8 Å². The van der Waals surface area contributed by atoms with Gasteiger partial charge >= 0.3 is 0 Å². The van der Waals surface area contributed by atoms with Crippen LogP contribution in [0.25, 0.3) is 22.5 Å². The second-order valence-electron chi connectivity index (χ2n) is 5.16. The standard InChI is InChI=1S/C19H15ClI2O2/c1-23-15-9-5-3-7-13(15)17-18(22)16(10-11-21)24-19(17)12-6-2-4-8-14(12)20/h2-9H,10-11H2,1H3. The number of aryl methyl sites for hydroxylation is 1. The zero-order valence-corrected chi connectivity index (χ0v) is 18.1. The first-order chi connectivity index (χ1) is 11.7. The summed E-state index contributed by atoms with van der Waals surface area (Å²) < 4.78 is 13.9. The molecule has 2 aromatic carbocycles. The monoisotopic (exact) mass is 564 g/mol. The van der Waals surface area contributed by atoms with Crippen LogP contribution in [0.3, 0.4) is 0 Å². The Morgan fingerprint density at radius 2 is 1.71 bits per heavy atom. The molecule has 0 aliphatic carbocycles. The number of alkyl halides is 1. The van der Waals surface area contributed by atoms with Gasteiger partial charge in [0.2, 0.25) is 0 Å². The van der Waals surface area contributed by atoms with Crippen molar-refractivity contribution >= 4 is 56.8 Å². The van der Waals surface area contributed by atoms with Gasteiger partial charge < -0.3 is 9.15 Å². The summed E-state index contributed by atoms with van der Waals surface area (Å²) in [7, 11) is 1.69. The molecule has 2 nitrogen and oxygen atoms in total. The number of furan rings is 1. The van der Waals surface area contributed by atoms with Crippen LogP contribution in [0.15, 0.2) is 52.9 Å². The minimum absolute atomic E-state index is 0.680. The summed E-state index contributed by atoms with van der Waals surface area (Å²) in [5, 5.41) is 0.680. The molecule has 3 aromatic rings. The van der Waals surface area contributed by atoms with E-state index in [2.05, 4.69) is 51.2 Å². The largest absolute Gasteiger partial charge is 0.496 e. The Morgan fingerprint density at radius 1 is 1.04 bits per heavy atom. The molecule has 0 unspecified atom stereocenters. The molecule has 1 aromatic heterocycles. The van der Waals surface area contributed by atoms with Crippen LogP contribution < -0.4 is 4.74 Å². The van der Waals surface area contributed by atoms with Gasteiger partial charge in [-0.15, -0.1) is 0 Å². The van der Waals surface area contributed by atoms with Crippen LogP contribution in [-0.2, 0) is 6.42 Å². The molecule has 5 heteroatoms. The first-order valence-corrected chi connectivity index (χ1v) is 10.4. The maximum Gasteiger partial charge on any atom is 0.144 e. The van der Waals surface area contributed by atoms with E-state index in [0.29, 0.717) is 5.02 Å². The predicted octanol–water partition coefficient (Wildman–Crippen LogP) is 6.86. The average molecular weight is 565 g/mol. The number of halogens is 3. The van der Waals surface area contributed by atoms with Gasteiger partial charge in [0, 0.05) is 27.5 Å². The third-order valence-corrected chi connectivity index (χ3v) is 5.74. The SMILES string of the molecule is COc1ccccc1-c1c(-c2ccccc2Cl)oc(CCI)c1I. The fraction of sp³-hybridized carbons (Fsp3) is 0.158. The Labute approximate surface area is 173 Å². The molecule has 0 aliphatic heterocycles. The fourth-order valence-electron chi connectivity index (χ4n) is 2.63. The summed E-state index contributed by atoms with van der Waals surface area (Å²) in [5.41, 5.74) is 2.96. The number of ether oxygens (including phenoxy) is 1. The zero-order valence-electron chi connectivity index (χ0n) is 13.0. The third-order valence-electron chi connectivity index (χ3n) is 3.73. The normalized spacial score (nSPS) is 10.8. The van der Waals surface area contributed by atoms with E-state index in [1.807, 2.05) is 42.5 Å². The highest BCUT2D eigenvalue weighted by atomic mass is 127. The maximum absolute atomic E-state index is 6.44. The van der Waals surface area contributed by atoms with Gasteiger partial charge in [-0.3, -0.25) is 0 Å². The molecule has 0 bridgehead atoms. The Balaban J connectivity index is 2.30. The molecule has 0 radical (unpaired) electrons. The molecule has 0 N–H and O–H groups in total. The molecule has 0 amide bonds. The smallest absolute Gasteiger partial charge is 0.144 e. The second kappa shape index (κ2) is 8.10. The number of benzene rings is 2. The van der Waals surface area contributed by atoms with Gasteiger partial charge in [0.05, 0.1) is 15.7 Å². The van der Waals surface area contributed by atoms with E-state index in [0.717, 1.165) is 48.4 Å². The molecule has 3 rings (SSSR count). The van der Waals surface area contributed by atoms with E-state index in [1.54, 1.807) is 7.11 Å². The van der Waals surface area contributed by atoms with Gasteiger partial charge in [-0.05, 0) is 40.8 Å². The summed E-state index contributed by atoms with van der Waals surface area (Å²) in [6.07, 6.45) is 0.880. The van der Waals surface area contributed by atoms with Crippen molar-refractivity contribution in [3.8, 4) is 28.2 Å².